The van der Waals surface area contributed by atoms with E-state index in [0.29, 0.717) is 31.7 Å². The van der Waals surface area contributed by atoms with E-state index < -0.39 is 6.10 Å². The van der Waals surface area contributed by atoms with E-state index in [1.807, 2.05) is 59.0 Å². The average Bonchev–Trinajstić information content (AvgIpc) is 3.42. The van der Waals surface area contributed by atoms with Crippen molar-refractivity contribution in [2.75, 3.05) is 6.54 Å². The van der Waals surface area contributed by atoms with Crippen LogP contribution in [0, 0.1) is 0 Å². The van der Waals surface area contributed by atoms with Crippen molar-refractivity contribution in [1.82, 2.24) is 24.8 Å². The molecule has 5 rings (SSSR count). The molecule has 3 aromatic rings. The van der Waals surface area contributed by atoms with E-state index >= 15 is 0 Å². The van der Waals surface area contributed by atoms with Crippen molar-refractivity contribution in [3.05, 3.63) is 77.6 Å². The Labute approximate surface area is 186 Å². The van der Waals surface area contributed by atoms with Crippen LogP contribution in [0.2, 0.25) is 0 Å². The van der Waals surface area contributed by atoms with Gasteiger partial charge >= 0.3 is 0 Å². The predicted molar refractivity (Wildman–Crippen MR) is 117 cm³/mol. The van der Waals surface area contributed by atoms with Gasteiger partial charge in [-0.1, -0.05) is 24.3 Å². The smallest absolute Gasteiger partial charge is 0.264 e. The lowest BCUT2D eigenvalue weighted by atomic mass is 10.1. The zero-order chi connectivity index (χ0) is 22.1. The molecule has 8 heteroatoms. The summed E-state index contributed by atoms with van der Waals surface area (Å²) in [6.07, 6.45) is 5.65. The molecule has 0 aliphatic carbocycles. The monoisotopic (exact) mass is 431 g/mol. The van der Waals surface area contributed by atoms with Crippen molar-refractivity contribution in [2.24, 2.45) is 0 Å². The number of pyridine rings is 1. The normalized spacial score (nSPS) is 19.1. The highest BCUT2D eigenvalue weighted by molar-refractivity contribution is 5.83. The van der Waals surface area contributed by atoms with E-state index in [2.05, 4.69) is 15.3 Å². The molecule has 2 aromatic heterocycles. The van der Waals surface area contributed by atoms with Gasteiger partial charge in [-0.25, -0.2) is 4.98 Å². The summed E-state index contributed by atoms with van der Waals surface area (Å²) in [5.74, 6) is 1.48. The van der Waals surface area contributed by atoms with Crippen molar-refractivity contribution in [2.45, 2.75) is 45.0 Å². The van der Waals surface area contributed by atoms with Gasteiger partial charge in [-0.15, -0.1) is 0 Å². The van der Waals surface area contributed by atoms with Gasteiger partial charge in [0.15, 0.2) is 6.10 Å². The first-order valence-corrected chi connectivity index (χ1v) is 10.8. The Morgan fingerprint density at radius 1 is 1.19 bits per heavy atom. The minimum atomic E-state index is -0.492. The van der Waals surface area contributed by atoms with Crippen molar-refractivity contribution in [3.8, 4) is 5.75 Å². The number of aromatic nitrogens is 3. The van der Waals surface area contributed by atoms with Gasteiger partial charge < -0.3 is 19.5 Å². The second-order valence-electron chi connectivity index (χ2n) is 8.22. The van der Waals surface area contributed by atoms with Gasteiger partial charge in [-0.3, -0.25) is 14.6 Å². The molecule has 0 saturated carbocycles. The average molecular weight is 431 g/mol. The molecule has 2 aliphatic heterocycles. The molecular weight excluding hydrogens is 406 g/mol. The Kier molecular flexibility index (Phi) is 5.34. The molecule has 2 amide bonds. The van der Waals surface area contributed by atoms with Crippen molar-refractivity contribution < 1.29 is 14.3 Å². The number of carbonyl (C=O) groups is 2. The van der Waals surface area contributed by atoms with Crippen molar-refractivity contribution in [3.63, 3.8) is 0 Å². The fourth-order valence-corrected chi connectivity index (χ4v) is 4.37. The second kappa shape index (κ2) is 8.45. The van der Waals surface area contributed by atoms with Gasteiger partial charge in [0.2, 0.25) is 5.91 Å². The fraction of sp³-hybridized carbons (Fsp3) is 0.333. The predicted octanol–water partition coefficient (Wildman–Crippen LogP) is 2.04. The molecule has 2 atom stereocenters. The minimum Gasteiger partial charge on any atom is -0.480 e. The molecule has 0 unspecified atom stereocenters. The van der Waals surface area contributed by atoms with Crippen LogP contribution in [0.5, 0.6) is 5.75 Å². The lowest BCUT2D eigenvalue weighted by molar-refractivity contribution is -0.141. The van der Waals surface area contributed by atoms with Gasteiger partial charge in [0.05, 0.1) is 18.2 Å². The highest BCUT2D eigenvalue weighted by atomic mass is 16.5. The summed E-state index contributed by atoms with van der Waals surface area (Å²) >= 11 is 0. The fourth-order valence-electron chi connectivity index (χ4n) is 4.37. The van der Waals surface area contributed by atoms with E-state index in [-0.39, 0.29) is 24.3 Å². The maximum Gasteiger partial charge on any atom is 0.264 e. The Morgan fingerprint density at radius 3 is 2.88 bits per heavy atom. The summed E-state index contributed by atoms with van der Waals surface area (Å²) in [6, 6.07) is 11.4. The quantitative estimate of drug-likeness (QED) is 0.668. The van der Waals surface area contributed by atoms with E-state index in [0.717, 1.165) is 22.7 Å². The van der Waals surface area contributed by atoms with Crippen LogP contribution < -0.4 is 10.1 Å². The number of hydrogen-bond donors (Lipinski definition) is 1. The summed E-state index contributed by atoms with van der Waals surface area (Å²) in [7, 11) is 0. The number of para-hydroxylation sites is 1. The van der Waals surface area contributed by atoms with Crippen molar-refractivity contribution in [1.29, 1.82) is 0 Å². The number of rotatable bonds is 5. The van der Waals surface area contributed by atoms with Crippen LogP contribution in [0.4, 0.5) is 0 Å². The SMILES string of the molecule is C[C@H]1c2nc(CC(=O)NCc3cccnc3)cn2CCN1C(=O)[C@H]1Cc2ccccc2O1. The molecule has 1 N–H and O–H groups in total. The van der Waals surface area contributed by atoms with E-state index in [1.54, 1.807) is 12.4 Å². The first kappa shape index (κ1) is 20.2. The maximum atomic E-state index is 13.2. The number of fused-ring (bicyclic) bond motifs is 2. The Bertz CT molecular complexity index is 1120. The molecule has 0 fully saturated rings. The van der Waals surface area contributed by atoms with Crippen LogP contribution in [-0.2, 0) is 35.5 Å². The van der Waals surface area contributed by atoms with Gasteiger partial charge in [0.1, 0.15) is 11.6 Å². The zero-order valence-corrected chi connectivity index (χ0v) is 17.9. The largest absolute Gasteiger partial charge is 0.480 e. The molecule has 164 valence electrons. The number of ether oxygens (including phenoxy) is 1. The van der Waals surface area contributed by atoms with Crippen molar-refractivity contribution >= 4 is 11.8 Å². The Hall–Kier alpha value is -3.68. The third-order valence-electron chi connectivity index (χ3n) is 6.04. The summed E-state index contributed by atoms with van der Waals surface area (Å²) in [5, 5.41) is 2.90. The molecule has 4 heterocycles. The Balaban J connectivity index is 1.22. The molecular formula is C24H25N5O3. The molecule has 1 aromatic carbocycles. The van der Waals surface area contributed by atoms with E-state index in [9.17, 15) is 9.59 Å². The zero-order valence-electron chi connectivity index (χ0n) is 17.9. The lowest BCUT2D eigenvalue weighted by Crippen LogP contribution is -2.47. The van der Waals surface area contributed by atoms with Gasteiger partial charge in [0, 0.05) is 44.6 Å². The number of nitrogens with zero attached hydrogens (tertiary/aromatic N) is 4. The molecule has 8 nitrogen and oxygen atoms in total. The van der Waals surface area contributed by atoms with Crippen LogP contribution in [0.25, 0.3) is 0 Å². The van der Waals surface area contributed by atoms with Crippen LogP contribution in [-0.4, -0.2) is 43.9 Å². The highest BCUT2D eigenvalue weighted by Crippen LogP contribution is 2.32. The molecule has 32 heavy (non-hydrogen) atoms. The topological polar surface area (TPSA) is 89.4 Å². The standard InChI is InChI=1S/C24H25N5O3/c1-16-23-27-19(12-22(30)26-14-17-5-4-8-25-13-17)15-28(23)9-10-29(16)24(31)21-11-18-6-2-3-7-20(18)32-21/h2-8,13,15-16,21H,9-12,14H2,1H3,(H,26,30)/t16-,21+/m0/s1. The van der Waals surface area contributed by atoms with Crippen LogP contribution in [0.3, 0.4) is 0 Å². The second-order valence-corrected chi connectivity index (χ2v) is 8.22. The third kappa shape index (κ3) is 3.95. The number of carbonyl (C=O) groups excluding carboxylic acids is 2. The summed E-state index contributed by atoms with van der Waals surface area (Å²) in [6.45, 7) is 3.65. The number of benzene rings is 1. The summed E-state index contributed by atoms with van der Waals surface area (Å²) in [4.78, 5) is 36.1. The van der Waals surface area contributed by atoms with E-state index in [4.69, 9.17) is 4.74 Å². The number of amides is 2. The molecule has 0 radical (unpaired) electrons. The van der Waals surface area contributed by atoms with Crippen LogP contribution in [0.1, 0.15) is 35.6 Å². The minimum absolute atomic E-state index is 0.0151. The lowest BCUT2D eigenvalue weighted by Gasteiger charge is -2.35. The summed E-state index contributed by atoms with van der Waals surface area (Å²) in [5.41, 5.74) is 2.72. The molecule has 0 spiro atoms. The van der Waals surface area contributed by atoms with E-state index in [1.165, 1.54) is 0 Å². The van der Waals surface area contributed by atoms with Crippen LogP contribution in [0.15, 0.2) is 55.0 Å². The Morgan fingerprint density at radius 2 is 2.06 bits per heavy atom. The number of nitrogens with one attached hydrogen (secondary N) is 1. The first-order valence-electron chi connectivity index (χ1n) is 10.8. The molecule has 0 bridgehead atoms. The maximum absolute atomic E-state index is 13.2. The summed E-state index contributed by atoms with van der Waals surface area (Å²) < 4.78 is 7.95. The molecule has 2 aliphatic rings. The number of imidazole rings is 1. The van der Waals surface area contributed by atoms with Gasteiger partial charge in [0.25, 0.3) is 5.91 Å². The van der Waals surface area contributed by atoms with Gasteiger partial charge in [-0.05, 0) is 30.2 Å². The first-order chi connectivity index (χ1) is 15.6. The third-order valence-corrected chi connectivity index (χ3v) is 6.04. The van der Waals surface area contributed by atoms with Gasteiger partial charge in [-0.2, -0.15) is 0 Å². The van der Waals surface area contributed by atoms with Crippen LogP contribution >= 0.6 is 0 Å². The number of hydrogen-bond acceptors (Lipinski definition) is 5. The highest BCUT2D eigenvalue weighted by Gasteiger charge is 2.37. The molecule has 0 saturated heterocycles.